The SMILES string of the molecule is O=C(c1cc2c(s1)CCCCC2)N1CCC(CO)C1. The predicted molar refractivity (Wildman–Crippen MR) is 76.7 cm³/mol. The van der Waals surface area contributed by atoms with Crippen LogP contribution in [0.1, 0.15) is 45.8 Å². The van der Waals surface area contributed by atoms with Crippen LogP contribution < -0.4 is 0 Å². The normalized spacial score (nSPS) is 23.2. The Balaban J connectivity index is 1.74. The van der Waals surface area contributed by atoms with Crippen molar-refractivity contribution < 1.29 is 9.90 Å². The van der Waals surface area contributed by atoms with Crippen molar-refractivity contribution in [2.75, 3.05) is 19.7 Å². The lowest BCUT2D eigenvalue weighted by atomic mass is 10.1. The summed E-state index contributed by atoms with van der Waals surface area (Å²) in [5, 5.41) is 9.16. The molecule has 1 aromatic rings. The summed E-state index contributed by atoms with van der Waals surface area (Å²) < 4.78 is 0. The van der Waals surface area contributed by atoms with Gasteiger partial charge in [0.15, 0.2) is 0 Å². The molecular weight excluding hydrogens is 258 g/mol. The second kappa shape index (κ2) is 5.63. The second-order valence-corrected chi connectivity index (χ2v) is 6.84. The molecule has 3 nitrogen and oxygen atoms in total. The number of rotatable bonds is 2. The fourth-order valence-corrected chi connectivity index (χ4v) is 4.32. The number of nitrogens with zero attached hydrogens (tertiary/aromatic N) is 1. The van der Waals surface area contributed by atoms with Gasteiger partial charge in [-0.15, -0.1) is 11.3 Å². The van der Waals surface area contributed by atoms with E-state index in [9.17, 15) is 4.79 Å². The number of aryl methyl sites for hydroxylation is 2. The van der Waals surface area contributed by atoms with Crippen LogP contribution in [0.4, 0.5) is 0 Å². The van der Waals surface area contributed by atoms with Crippen LogP contribution in [0.25, 0.3) is 0 Å². The van der Waals surface area contributed by atoms with Gasteiger partial charge in [0.1, 0.15) is 0 Å². The number of hydrogen-bond acceptors (Lipinski definition) is 3. The molecule has 1 N–H and O–H groups in total. The molecule has 0 radical (unpaired) electrons. The third kappa shape index (κ3) is 2.70. The molecule has 1 unspecified atom stereocenters. The van der Waals surface area contributed by atoms with Gasteiger partial charge in [-0.2, -0.15) is 0 Å². The molecule has 1 amide bonds. The lowest BCUT2D eigenvalue weighted by molar-refractivity contribution is 0.0786. The van der Waals surface area contributed by atoms with Crippen LogP contribution in [0, 0.1) is 5.92 Å². The molecule has 1 fully saturated rings. The van der Waals surface area contributed by atoms with Crippen molar-refractivity contribution in [2.24, 2.45) is 5.92 Å². The van der Waals surface area contributed by atoms with Gasteiger partial charge < -0.3 is 10.0 Å². The zero-order valence-corrected chi connectivity index (χ0v) is 12.0. The smallest absolute Gasteiger partial charge is 0.263 e. The number of aliphatic hydroxyl groups excluding tert-OH is 1. The van der Waals surface area contributed by atoms with Crippen molar-refractivity contribution in [1.29, 1.82) is 0 Å². The van der Waals surface area contributed by atoms with Crippen molar-refractivity contribution in [2.45, 2.75) is 38.5 Å². The largest absolute Gasteiger partial charge is 0.396 e. The van der Waals surface area contributed by atoms with E-state index in [1.165, 1.54) is 29.7 Å². The Morgan fingerprint density at radius 3 is 3.00 bits per heavy atom. The summed E-state index contributed by atoms with van der Waals surface area (Å²) in [4.78, 5) is 16.7. The van der Waals surface area contributed by atoms with E-state index < -0.39 is 0 Å². The van der Waals surface area contributed by atoms with Gasteiger partial charge in [-0.05, 0) is 43.7 Å². The number of thiophene rings is 1. The molecule has 1 atom stereocenters. The molecule has 0 spiro atoms. The first kappa shape index (κ1) is 13.1. The highest BCUT2D eigenvalue weighted by Crippen LogP contribution is 2.30. The molecule has 104 valence electrons. The first-order chi connectivity index (χ1) is 9.28. The molecule has 4 heteroatoms. The summed E-state index contributed by atoms with van der Waals surface area (Å²) in [5.74, 6) is 0.454. The Labute approximate surface area is 118 Å². The molecule has 3 rings (SSSR count). The summed E-state index contributed by atoms with van der Waals surface area (Å²) in [7, 11) is 0. The van der Waals surface area contributed by atoms with Gasteiger partial charge >= 0.3 is 0 Å². The Morgan fingerprint density at radius 2 is 2.21 bits per heavy atom. The Hall–Kier alpha value is -0.870. The van der Waals surface area contributed by atoms with E-state index in [4.69, 9.17) is 5.11 Å². The van der Waals surface area contributed by atoms with Gasteiger partial charge in [0, 0.05) is 30.5 Å². The van der Waals surface area contributed by atoms with Crippen LogP contribution in [0.5, 0.6) is 0 Å². The summed E-state index contributed by atoms with van der Waals surface area (Å²) in [6.07, 6.45) is 7.05. The molecule has 1 aliphatic carbocycles. The monoisotopic (exact) mass is 279 g/mol. The van der Waals surface area contributed by atoms with E-state index in [0.29, 0.717) is 0 Å². The van der Waals surface area contributed by atoms with Gasteiger partial charge in [-0.3, -0.25) is 4.79 Å². The molecule has 0 saturated carbocycles. The number of aliphatic hydroxyl groups is 1. The summed E-state index contributed by atoms with van der Waals surface area (Å²) in [5.41, 5.74) is 1.41. The van der Waals surface area contributed by atoms with E-state index in [2.05, 4.69) is 6.07 Å². The average Bonchev–Trinajstić information content (AvgIpc) is 3.00. The molecule has 1 saturated heterocycles. The van der Waals surface area contributed by atoms with Crippen molar-refractivity contribution in [3.63, 3.8) is 0 Å². The van der Waals surface area contributed by atoms with E-state index in [1.54, 1.807) is 11.3 Å². The third-order valence-electron chi connectivity index (χ3n) is 4.29. The Bertz CT molecular complexity index is 445. The van der Waals surface area contributed by atoms with Crippen LogP contribution in [0.2, 0.25) is 0 Å². The highest BCUT2D eigenvalue weighted by Gasteiger charge is 2.28. The van der Waals surface area contributed by atoms with Gasteiger partial charge in [-0.25, -0.2) is 0 Å². The maximum atomic E-state index is 12.5. The van der Waals surface area contributed by atoms with Crippen LogP contribution in [-0.4, -0.2) is 35.6 Å². The highest BCUT2D eigenvalue weighted by atomic mass is 32.1. The molecule has 1 aromatic heterocycles. The minimum absolute atomic E-state index is 0.175. The topological polar surface area (TPSA) is 40.5 Å². The van der Waals surface area contributed by atoms with Crippen molar-refractivity contribution in [1.82, 2.24) is 4.90 Å². The lowest BCUT2D eigenvalue weighted by Gasteiger charge is -2.14. The van der Waals surface area contributed by atoms with E-state index in [0.717, 1.165) is 37.2 Å². The molecular formula is C15H21NO2S. The Morgan fingerprint density at radius 1 is 1.37 bits per heavy atom. The maximum absolute atomic E-state index is 12.5. The molecule has 2 aliphatic rings. The van der Waals surface area contributed by atoms with Gasteiger partial charge in [0.05, 0.1) is 4.88 Å². The lowest BCUT2D eigenvalue weighted by Crippen LogP contribution is -2.28. The molecule has 19 heavy (non-hydrogen) atoms. The summed E-state index contributed by atoms with van der Waals surface area (Å²) >= 11 is 1.70. The number of carbonyl (C=O) groups excluding carboxylic acids is 1. The molecule has 0 aromatic carbocycles. The van der Waals surface area contributed by atoms with E-state index >= 15 is 0 Å². The number of carbonyl (C=O) groups is 1. The van der Waals surface area contributed by atoms with Gasteiger partial charge in [0.25, 0.3) is 5.91 Å². The zero-order chi connectivity index (χ0) is 13.2. The Kier molecular flexibility index (Phi) is 3.89. The fraction of sp³-hybridized carbons (Fsp3) is 0.667. The van der Waals surface area contributed by atoms with Crippen molar-refractivity contribution in [3.05, 3.63) is 21.4 Å². The number of fused-ring (bicyclic) bond motifs is 1. The van der Waals surface area contributed by atoms with E-state index in [1.807, 2.05) is 4.90 Å². The third-order valence-corrected chi connectivity index (χ3v) is 5.51. The molecule has 2 heterocycles. The summed E-state index contributed by atoms with van der Waals surface area (Å²) in [6, 6.07) is 2.12. The summed E-state index contributed by atoms with van der Waals surface area (Å²) in [6.45, 7) is 1.72. The number of likely N-dealkylation sites (tertiary alicyclic amines) is 1. The van der Waals surface area contributed by atoms with E-state index in [-0.39, 0.29) is 18.4 Å². The number of amides is 1. The minimum atomic E-state index is 0.175. The van der Waals surface area contributed by atoms with Gasteiger partial charge in [-0.1, -0.05) is 6.42 Å². The first-order valence-electron chi connectivity index (χ1n) is 7.29. The second-order valence-electron chi connectivity index (χ2n) is 5.71. The zero-order valence-electron chi connectivity index (χ0n) is 11.2. The van der Waals surface area contributed by atoms with Crippen LogP contribution in [0.3, 0.4) is 0 Å². The van der Waals surface area contributed by atoms with Crippen LogP contribution >= 0.6 is 11.3 Å². The first-order valence-corrected chi connectivity index (χ1v) is 8.11. The fourth-order valence-electron chi connectivity index (χ4n) is 3.09. The quantitative estimate of drug-likeness (QED) is 0.845. The molecule has 1 aliphatic heterocycles. The minimum Gasteiger partial charge on any atom is -0.396 e. The standard InChI is InChI=1S/C15H21NO2S/c17-10-11-6-7-16(9-11)15(18)14-8-12-4-2-1-3-5-13(12)19-14/h8,11,17H,1-7,9-10H2. The predicted octanol–water partition coefficient (Wildman–Crippen LogP) is 2.47. The van der Waals surface area contributed by atoms with Crippen LogP contribution in [0.15, 0.2) is 6.07 Å². The maximum Gasteiger partial charge on any atom is 0.263 e. The highest BCUT2D eigenvalue weighted by molar-refractivity contribution is 7.14. The van der Waals surface area contributed by atoms with Crippen LogP contribution in [-0.2, 0) is 12.8 Å². The molecule has 0 bridgehead atoms. The number of hydrogen-bond donors (Lipinski definition) is 1. The van der Waals surface area contributed by atoms with Gasteiger partial charge in [0.2, 0.25) is 0 Å². The van der Waals surface area contributed by atoms with Crippen molar-refractivity contribution >= 4 is 17.2 Å². The average molecular weight is 279 g/mol. The van der Waals surface area contributed by atoms with Crippen molar-refractivity contribution in [3.8, 4) is 0 Å².